The number of rotatable bonds is 3. The van der Waals surface area contributed by atoms with E-state index >= 15 is 0 Å². The molecule has 0 bridgehead atoms. The number of hydrogen-bond acceptors (Lipinski definition) is 3. The molecular weight excluding hydrogens is 248 g/mol. The lowest BCUT2D eigenvalue weighted by atomic mass is 9.73. The highest BCUT2D eigenvalue weighted by Crippen LogP contribution is 2.39. The van der Waals surface area contributed by atoms with Crippen molar-refractivity contribution >= 4 is 9.84 Å². The molecule has 18 heavy (non-hydrogen) atoms. The van der Waals surface area contributed by atoms with Gasteiger partial charge in [0.05, 0.1) is 17.6 Å². The summed E-state index contributed by atoms with van der Waals surface area (Å²) in [7, 11) is -2.89. The maximum absolute atomic E-state index is 11.4. The molecule has 3 nitrogen and oxygen atoms in total. The average molecular weight is 266 g/mol. The van der Waals surface area contributed by atoms with Crippen LogP contribution in [0.25, 0.3) is 0 Å². The molecule has 0 saturated carbocycles. The van der Waals surface area contributed by atoms with Gasteiger partial charge in [-0.3, -0.25) is 0 Å². The van der Waals surface area contributed by atoms with Crippen LogP contribution in [0.1, 0.15) is 29.9 Å². The molecule has 1 aliphatic heterocycles. The van der Waals surface area contributed by atoms with E-state index in [1.54, 1.807) is 0 Å². The first-order valence-electron chi connectivity index (χ1n) is 6.51. The predicted molar refractivity (Wildman–Crippen MR) is 70.3 cm³/mol. The van der Waals surface area contributed by atoms with Crippen LogP contribution < -0.4 is 0 Å². The Bertz CT molecular complexity index is 550. The van der Waals surface area contributed by atoms with Gasteiger partial charge in [0, 0.05) is 0 Å². The molecule has 3 atom stereocenters. The first-order chi connectivity index (χ1) is 8.55. The van der Waals surface area contributed by atoms with Crippen molar-refractivity contribution in [2.24, 2.45) is 5.92 Å². The SMILES string of the molecule is O=S1(=O)CCC(C(O)CC2Cc3ccccc32)C1. The smallest absolute Gasteiger partial charge is 0.150 e. The summed E-state index contributed by atoms with van der Waals surface area (Å²) < 4.78 is 22.8. The maximum atomic E-state index is 11.4. The topological polar surface area (TPSA) is 54.4 Å². The zero-order chi connectivity index (χ0) is 12.8. The second-order valence-electron chi connectivity index (χ2n) is 5.57. The Labute approximate surface area is 108 Å². The first-order valence-corrected chi connectivity index (χ1v) is 8.33. The molecule has 1 heterocycles. The summed E-state index contributed by atoms with van der Waals surface area (Å²) in [5, 5.41) is 10.2. The number of aliphatic hydroxyl groups is 1. The normalized spacial score (nSPS) is 30.5. The Morgan fingerprint density at radius 2 is 2.11 bits per heavy atom. The van der Waals surface area contributed by atoms with Gasteiger partial charge in [-0.15, -0.1) is 0 Å². The fraction of sp³-hybridized carbons (Fsp3) is 0.571. The van der Waals surface area contributed by atoms with E-state index in [0.717, 1.165) is 6.42 Å². The molecule has 0 amide bonds. The summed E-state index contributed by atoms with van der Waals surface area (Å²) in [5.74, 6) is 0.778. The lowest BCUT2D eigenvalue weighted by molar-refractivity contribution is 0.1000. The average Bonchev–Trinajstić information content (AvgIpc) is 2.66. The number of benzene rings is 1. The van der Waals surface area contributed by atoms with Gasteiger partial charge in [0.1, 0.15) is 0 Å². The van der Waals surface area contributed by atoms with Crippen LogP contribution in [-0.4, -0.2) is 31.1 Å². The quantitative estimate of drug-likeness (QED) is 0.902. The highest BCUT2D eigenvalue weighted by atomic mass is 32.2. The molecule has 2 aliphatic rings. The highest BCUT2D eigenvalue weighted by Gasteiger charge is 2.36. The molecule has 1 saturated heterocycles. The van der Waals surface area contributed by atoms with Crippen LogP contribution in [0.4, 0.5) is 0 Å². The fourth-order valence-corrected chi connectivity index (χ4v) is 5.05. The number of fused-ring (bicyclic) bond motifs is 1. The molecule has 3 rings (SSSR count). The third-order valence-corrected chi connectivity index (χ3v) is 6.09. The third-order valence-electron chi connectivity index (χ3n) is 4.30. The van der Waals surface area contributed by atoms with E-state index in [-0.39, 0.29) is 17.4 Å². The molecule has 1 N–H and O–H groups in total. The van der Waals surface area contributed by atoms with E-state index in [4.69, 9.17) is 0 Å². The summed E-state index contributed by atoms with van der Waals surface area (Å²) in [4.78, 5) is 0. The minimum Gasteiger partial charge on any atom is -0.393 e. The van der Waals surface area contributed by atoms with E-state index in [1.807, 2.05) is 12.1 Å². The molecule has 0 radical (unpaired) electrons. The van der Waals surface area contributed by atoms with Crippen LogP contribution in [0.2, 0.25) is 0 Å². The largest absolute Gasteiger partial charge is 0.393 e. The minimum atomic E-state index is -2.89. The van der Waals surface area contributed by atoms with E-state index in [2.05, 4.69) is 12.1 Å². The van der Waals surface area contributed by atoms with Crippen LogP contribution in [0.15, 0.2) is 24.3 Å². The Kier molecular flexibility index (Phi) is 2.94. The molecular formula is C14H18O3S. The predicted octanol–water partition coefficient (Wildman–Crippen LogP) is 1.51. The molecule has 4 heteroatoms. The van der Waals surface area contributed by atoms with Crippen LogP contribution in [-0.2, 0) is 16.3 Å². The van der Waals surface area contributed by atoms with Gasteiger partial charge in [-0.05, 0) is 42.2 Å². The van der Waals surface area contributed by atoms with Crippen LogP contribution in [0.5, 0.6) is 0 Å². The Balaban J connectivity index is 1.62. The van der Waals surface area contributed by atoms with E-state index in [9.17, 15) is 13.5 Å². The van der Waals surface area contributed by atoms with Gasteiger partial charge in [0.25, 0.3) is 0 Å². The third kappa shape index (κ3) is 2.19. The zero-order valence-corrected chi connectivity index (χ0v) is 11.1. The molecule has 1 aromatic carbocycles. The fourth-order valence-electron chi connectivity index (χ4n) is 3.18. The molecule has 3 unspecified atom stereocenters. The first kappa shape index (κ1) is 12.2. The van der Waals surface area contributed by atoms with Crippen molar-refractivity contribution in [3.8, 4) is 0 Å². The second-order valence-corrected chi connectivity index (χ2v) is 7.79. The standard InChI is InChI=1S/C14H18O3S/c15-14(11-5-6-18(16,17)9-11)8-12-7-10-3-1-2-4-13(10)12/h1-4,11-12,14-15H,5-9H2. The molecule has 1 aliphatic carbocycles. The summed E-state index contributed by atoms with van der Waals surface area (Å²) in [5.41, 5.74) is 2.70. The molecule has 1 aromatic rings. The van der Waals surface area contributed by atoms with Crippen molar-refractivity contribution in [3.63, 3.8) is 0 Å². The Morgan fingerprint density at radius 3 is 2.78 bits per heavy atom. The van der Waals surface area contributed by atoms with Crippen LogP contribution in [0, 0.1) is 5.92 Å². The zero-order valence-electron chi connectivity index (χ0n) is 10.2. The van der Waals surface area contributed by atoms with Crippen molar-refractivity contribution < 1.29 is 13.5 Å². The molecule has 1 fully saturated rings. The van der Waals surface area contributed by atoms with Gasteiger partial charge >= 0.3 is 0 Å². The van der Waals surface area contributed by atoms with Gasteiger partial charge in [0.15, 0.2) is 9.84 Å². The number of aliphatic hydroxyl groups excluding tert-OH is 1. The minimum absolute atomic E-state index is 0.0530. The Hall–Kier alpha value is -0.870. The van der Waals surface area contributed by atoms with Crippen molar-refractivity contribution in [1.82, 2.24) is 0 Å². The van der Waals surface area contributed by atoms with Gasteiger partial charge in [-0.1, -0.05) is 24.3 Å². The Morgan fingerprint density at radius 1 is 1.33 bits per heavy atom. The second kappa shape index (κ2) is 4.35. The lowest BCUT2D eigenvalue weighted by Crippen LogP contribution is -2.28. The van der Waals surface area contributed by atoms with Gasteiger partial charge in [0.2, 0.25) is 0 Å². The molecule has 98 valence electrons. The van der Waals surface area contributed by atoms with E-state index < -0.39 is 15.9 Å². The maximum Gasteiger partial charge on any atom is 0.150 e. The summed E-state index contributed by atoms with van der Waals surface area (Å²) in [6.45, 7) is 0. The van der Waals surface area contributed by atoms with Crippen molar-refractivity contribution in [2.45, 2.75) is 31.3 Å². The van der Waals surface area contributed by atoms with E-state index in [1.165, 1.54) is 11.1 Å². The van der Waals surface area contributed by atoms with Gasteiger partial charge in [-0.2, -0.15) is 0 Å². The van der Waals surface area contributed by atoms with Gasteiger partial charge < -0.3 is 5.11 Å². The highest BCUT2D eigenvalue weighted by molar-refractivity contribution is 7.91. The van der Waals surface area contributed by atoms with Crippen molar-refractivity contribution in [2.75, 3.05) is 11.5 Å². The molecule has 0 spiro atoms. The van der Waals surface area contributed by atoms with Crippen molar-refractivity contribution in [1.29, 1.82) is 0 Å². The lowest BCUT2D eigenvalue weighted by Gasteiger charge is -2.32. The summed E-state index contributed by atoms with van der Waals surface area (Å²) in [6.07, 6.45) is 1.88. The van der Waals surface area contributed by atoms with Crippen LogP contribution >= 0.6 is 0 Å². The van der Waals surface area contributed by atoms with Crippen molar-refractivity contribution in [3.05, 3.63) is 35.4 Å². The summed E-state index contributed by atoms with van der Waals surface area (Å²) >= 11 is 0. The monoisotopic (exact) mass is 266 g/mol. The van der Waals surface area contributed by atoms with Crippen LogP contribution in [0.3, 0.4) is 0 Å². The molecule has 0 aromatic heterocycles. The summed E-state index contributed by atoms with van der Waals surface area (Å²) in [6, 6.07) is 8.30. The number of hydrogen-bond donors (Lipinski definition) is 1. The van der Waals surface area contributed by atoms with Gasteiger partial charge in [-0.25, -0.2) is 8.42 Å². The van der Waals surface area contributed by atoms with E-state index in [0.29, 0.717) is 18.8 Å². The number of sulfone groups is 1.